The van der Waals surface area contributed by atoms with Gasteiger partial charge >= 0.3 is 0 Å². The molecule has 2 heterocycles. The predicted molar refractivity (Wildman–Crippen MR) is 77.0 cm³/mol. The number of thiophene rings is 1. The SMILES string of the molecule is Cc1ccc(S(=O)(=O)N(CC2CCCN2)C2CC2)s1. The number of hydrogen-bond acceptors (Lipinski definition) is 4. The molecule has 2 aliphatic rings. The van der Waals surface area contributed by atoms with Crippen molar-refractivity contribution in [3.05, 3.63) is 17.0 Å². The Morgan fingerprint density at radius 2 is 2.16 bits per heavy atom. The van der Waals surface area contributed by atoms with Crippen molar-refractivity contribution in [2.75, 3.05) is 13.1 Å². The Labute approximate surface area is 118 Å². The van der Waals surface area contributed by atoms with E-state index < -0.39 is 10.0 Å². The Bertz CT molecular complexity index is 543. The second-order valence-corrected chi connectivity index (χ2v) is 8.87. The van der Waals surface area contributed by atoms with Crippen LogP contribution in [0.2, 0.25) is 0 Å². The minimum atomic E-state index is -3.29. The van der Waals surface area contributed by atoms with Crippen LogP contribution in [-0.2, 0) is 10.0 Å². The van der Waals surface area contributed by atoms with Crippen molar-refractivity contribution in [1.29, 1.82) is 0 Å². The van der Waals surface area contributed by atoms with Crippen LogP contribution in [0.15, 0.2) is 16.3 Å². The first-order valence-electron chi connectivity index (χ1n) is 6.89. The molecule has 0 radical (unpaired) electrons. The smallest absolute Gasteiger partial charge is 0.252 e. The zero-order valence-corrected chi connectivity index (χ0v) is 12.8. The maximum Gasteiger partial charge on any atom is 0.252 e. The maximum absolute atomic E-state index is 12.7. The van der Waals surface area contributed by atoms with Crippen LogP contribution >= 0.6 is 11.3 Å². The van der Waals surface area contributed by atoms with E-state index in [1.807, 2.05) is 13.0 Å². The monoisotopic (exact) mass is 300 g/mol. The van der Waals surface area contributed by atoms with Crippen molar-refractivity contribution in [2.45, 2.75) is 48.9 Å². The molecule has 1 N–H and O–H groups in total. The lowest BCUT2D eigenvalue weighted by molar-refractivity contribution is 0.363. The van der Waals surface area contributed by atoms with E-state index in [4.69, 9.17) is 0 Å². The first-order chi connectivity index (χ1) is 9.07. The van der Waals surface area contributed by atoms with Crippen LogP contribution < -0.4 is 5.32 Å². The first-order valence-corrected chi connectivity index (χ1v) is 9.15. The van der Waals surface area contributed by atoms with Gasteiger partial charge in [-0.1, -0.05) is 0 Å². The van der Waals surface area contributed by atoms with Gasteiger partial charge in [0.05, 0.1) is 0 Å². The van der Waals surface area contributed by atoms with E-state index in [0.29, 0.717) is 16.8 Å². The second-order valence-electron chi connectivity index (χ2n) is 5.46. The van der Waals surface area contributed by atoms with E-state index in [1.54, 1.807) is 10.4 Å². The topological polar surface area (TPSA) is 49.4 Å². The van der Waals surface area contributed by atoms with Crippen LogP contribution in [0, 0.1) is 6.92 Å². The molecule has 1 unspecified atom stereocenters. The molecule has 1 aliphatic carbocycles. The fraction of sp³-hybridized carbons (Fsp3) is 0.692. The average Bonchev–Trinajstić information content (AvgIpc) is 2.88. The van der Waals surface area contributed by atoms with Crippen molar-refractivity contribution in [1.82, 2.24) is 9.62 Å². The molecule has 0 amide bonds. The third kappa shape index (κ3) is 2.86. The quantitative estimate of drug-likeness (QED) is 0.904. The van der Waals surface area contributed by atoms with Crippen LogP contribution in [0.1, 0.15) is 30.6 Å². The van der Waals surface area contributed by atoms with Gasteiger partial charge in [0.1, 0.15) is 4.21 Å². The fourth-order valence-corrected chi connectivity index (χ4v) is 5.74. The van der Waals surface area contributed by atoms with E-state index in [2.05, 4.69) is 5.32 Å². The zero-order chi connectivity index (χ0) is 13.5. The molecule has 6 heteroatoms. The van der Waals surface area contributed by atoms with E-state index in [-0.39, 0.29) is 6.04 Å². The highest BCUT2D eigenvalue weighted by molar-refractivity contribution is 7.91. The summed E-state index contributed by atoms with van der Waals surface area (Å²) in [6.45, 7) is 3.59. The highest BCUT2D eigenvalue weighted by Crippen LogP contribution is 2.34. The van der Waals surface area contributed by atoms with Crippen LogP contribution in [0.5, 0.6) is 0 Å². The largest absolute Gasteiger partial charge is 0.313 e. The molecule has 4 nitrogen and oxygen atoms in total. The molecular formula is C13H20N2O2S2. The molecule has 106 valence electrons. The molecule has 2 fully saturated rings. The zero-order valence-electron chi connectivity index (χ0n) is 11.1. The Balaban J connectivity index is 1.82. The lowest BCUT2D eigenvalue weighted by Crippen LogP contribution is -2.42. The fourth-order valence-electron chi connectivity index (χ4n) is 2.60. The molecule has 1 saturated carbocycles. The summed E-state index contributed by atoms with van der Waals surface area (Å²) in [5.41, 5.74) is 0. The van der Waals surface area contributed by atoms with E-state index in [9.17, 15) is 8.42 Å². The third-order valence-corrected chi connectivity index (χ3v) is 7.18. The summed E-state index contributed by atoms with van der Waals surface area (Å²) in [5.74, 6) is 0. The number of hydrogen-bond donors (Lipinski definition) is 1. The van der Waals surface area contributed by atoms with Crippen molar-refractivity contribution in [3.63, 3.8) is 0 Å². The highest BCUT2D eigenvalue weighted by Gasteiger charge is 2.40. The van der Waals surface area contributed by atoms with Gasteiger partial charge in [0.25, 0.3) is 10.0 Å². The van der Waals surface area contributed by atoms with Gasteiger partial charge in [-0.3, -0.25) is 0 Å². The maximum atomic E-state index is 12.7. The average molecular weight is 300 g/mol. The van der Waals surface area contributed by atoms with Gasteiger partial charge in [-0.25, -0.2) is 8.42 Å². The molecule has 1 aromatic rings. The summed E-state index contributed by atoms with van der Waals surface area (Å²) in [4.78, 5) is 1.05. The standard InChI is InChI=1S/C13H20N2O2S2/c1-10-4-7-13(18-10)19(16,17)15(12-5-6-12)9-11-3-2-8-14-11/h4,7,11-12,14H,2-3,5-6,8-9H2,1H3. The van der Waals surface area contributed by atoms with Crippen molar-refractivity contribution >= 4 is 21.4 Å². The highest BCUT2D eigenvalue weighted by atomic mass is 32.2. The summed E-state index contributed by atoms with van der Waals surface area (Å²) < 4.78 is 27.7. The lowest BCUT2D eigenvalue weighted by Gasteiger charge is -2.24. The molecule has 0 spiro atoms. The number of aryl methyl sites for hydroxylation is 1. The molecule has 19 heavy (non-hydrogen) atoms. The van der Waals surface area contributed by atoms with Crippen molar-refractivity contribution < 1.29 is 8.42 Å². The van der Waals surface area contributed by atoms with E-state index in [0.717, 1.165) is 37.1 Å². The molecule has 1 aromatic heterocycles. The summed E-state index contributed by atoms with van der Waals surface area (Å²) in [5, 5.41) is 3.40. The number of rotatable bonds is 5. The summed E-state index contributed by atoms with van der Waals surface area (Å²) in [6.07, 6.45) is 4.26. The van der Waals surface area contributed by atoms with Crippen molar-refractivity contribution in [3.8, 4) is 0 Å². The van der Waals surface area contributed by atoms with Crippen LogP contribution in [-0.4, -0.2) is 37.9 Å². The van der Waals surface area contributed by atoms with Crippen LogP contribution in [0.3, 0.4) is 0 Å². The van der Waals surface area contributed by atoms with Gasteiger partial charge in [-0.05, 0) is 51.3 Å². The Morgan fingerprint density at radius 1 is 1.37 bits per heavy atom. The second kappa shape index (κ2) is 5.16. The molecule has 0 aromatic carbocycles. The molecule has 3 rings (SSSR count). The Hall–Kier alpha value is -0.430. The lowest BCUT2D eigenvalue weighted by atomic mass is 10.2. The van der Waals surface area contributed by atoms with Crippen LogP contribution in [0.4, 0.5) is 0 Å². The molecule has 0 bridgehead atoms. The molecular weight excluding hydrogens is 280 g/mol. The first kappa shape index (κ1) is 13.5. The molecule has 1 atom stereocenters. The summed E-state index contributed by atoms with van der Waals surface area (Å²) >= 11 is 1.38. The number of nitrogens with zero attached hydrogens (tertiary/aromatic N) is 1. The van der Waals surface area contributed by atoms with Gasteiger partial charge < -0.3 is 5.32 Å². The van der Waals surface area contributed by atoms with Gasteiger partial charge in [0.15, 0.2) is 0 Å². The molecule has 1 aliphatic heterocycles. The third-order valence-electron chi connectivity index (χ3n) is 3.80. The summed E-state index contributed by atoms with van der Waals surface area (Å²) in [6, 6.07) is 4.19. The van der Waals surface area contributed by atoms with Gasteiger partial charge in [0.2, 0.25) is 0 Å². The Kier molecular flexibility index (Phi) is 3.68. The van der Waals surface area contributed by atoms with Crippen molar-refractivity contribution in [2.24, 2.45) is 0 Å². The number of sulfonamides is 1. The van der Waals surface area contributed by atoms with Gasteiger partial charge in [0, 0.05) is 23.5 Å². The van der Waals surface area contributed by atoms with Gasteiger partial charge in [-0.2, -0.15) is 4.31 Å². The normalized spacial score (nSPS) is 24.2. The Morgan fingerprint density at radius 3 is 2.68 bits per heavy atom. The van der Waals surface area contributed by atoms with Gasteiger partial charge in [-0.15, -0.1) is 11.3 Å². The molecule has 1 saturated heterocycles. The predicted octanol–water partition coefficient (Wildman–Crippen LogP) is 1.96. The minimum absolute atomic E-state index is 0.231. The van der Waals surface area contributed by atoms with Crippen LogP contribution in [0.25, 0.3) is 0 Å². The summed E-state index contributed by atoms with van der Waals surface area (Å²) in [7, 11) is -3.29. The van der Waals surface area contributed by atoms with E-state index in [1.165, 1.54) is 11.3 Å². The van der Waals surface area contributed by atoms with E-state index >= 15 is 0 Å². The minimum Gasteiger partial charge on any atom is -0.313 e. The number of nitrogens with one attached hydrogen (secondary N) is 1.